The van der Waals surface area contributed by atoms with Gasteiger partial charge in [-0.15, -0.1) is 24.3 Å². The van der Waals surface area contributed by atoms with Crippen molar-refractivity contribution in [1.29, 1.82) is 0 Å². The van der Waals surface area contributed by atoms with Gasteiger partial charge in [0.2, 0.25) is 0 Å². The number of hydrogen-bond donors (Lipinski definition) is 0. The van der Waals surface area contributed by atoms with E-state index in [1.54, 1.807) is 24.3 Å². The van der Waals surface area contributed by atoms with Gasteiger partial charge in [-0.25, -0.2) is 23.3 Å². The molecule has 3 heteroatoms. The smallest absolute Gasteiger partial charge is 0.872 e. The first-order valence-electron chi connectivity index (χ1n) is 11.6. The molecule has 33 heavy (non-hydrogen) atoms. The third-order valence-electron chi connectivity index (χ3n) is 4.62. The van der Waals surface area contributed by atoms with Crippen LogP contribution in [0.2, 0.25) is 0 Å². The van der Waals surface area contributed by atoms with Gasteiger partial charge < -0.3 is 10.2 Å². The molecule has 2 nitrogen and oxygen atoms in total. The summed E-state index contributed by atoms with van der Waals surface area (Å²) in [5, 5.41) is 20.5. The number of benzene rings is 2. The van der Waals surface area contributed by atoms with Gasteiger partial charge in [-0.3, -0.25) is 12.2 Å². The summed E-state index contributed by atoms with van der Waals surface area (Å²) >= 11 is 0. The second-order valence-corrected chi connectivity index (χ2v) is 7.45. The van der Waals surface area contributed by atoms with E-state index < -0.39 is 0 Å². The maximum Gasteiger partial charge on any atom is 4.00 e. The molecule has 0 atom stereocenters. The van der Waals surface area contributed by atoms with Crippen molar-refractivity contribution >= 4 is 0 Å². The van der Waals surface area contributed by atoms with Crippen LogP contribution in [0, 0.1) is 12.2 Å². The molecule has 2 aliphatic rings. The number of hydrogen-bond acceptors (Lipinski definition) is 2. The predicted octanol–water partition coefficient (Wildman–Crippen LogP) is 7.25. The zero-order chi connectivity index (χ0) is 23.3. The van der Waals surface area contributed by atoms with Crippen LogP contribution in [0.5, 0.6) is 11.5 Å². The molecule has 0 bridgehead atoms. The van der Waals surface area contributed by atoms with E-state index in [-0.39, 0.29) is 37.3 Å². The second kappa shape index (κ2) is 21.7. The topological polar surface area (TPSA) is 46.1 Å². The van der Waals surface area contributed by atoms with Crippen LogP contribution in [0.1, 0.15) is 65.2 Å². The molecule has 0 fully saturated rings. The fraction of sp³-hybridized carbons (Fsp3) is 0.333. The summed E-state index contributed by atoms with van der Waals surface area (Å²) in [5.41, 5.74) is 2.83. The standard InChI is InChI=1S/2C9H13.2C6H6O.Hf/c2*1-2-3-6-9-7-4-5-8-9;2*7-6-4-2-1-3-5-6;/h2*4,7H,2-3,5-6H2,1H3;2*1-5,7H;/q2*-1;;;+4/p-2. The minimum absolute atomic E-state index is 0. The summed E-state index contributed by atoms with van der Waals surface area (Å²) in [6, 6.07) is 16.7. The quantitative estimate of drug-likeness (QED) is 0.257. The molecule has 2 aromatic carbocycles. The molecule has 172 valence electrons. The zero-order valence-electron chi connectivity index (χ0n) is 20.1. The Kier molecular flexibility index (Phi) is 20.3. The van der Waals surface area contributed by atoms with E-state index in [9.17, 15) is 10.2 Å². The van der Waals surface area contributed by atoms with Crippen LogP contribution in [-0.4, -0.2) is 0 Å². The first-order valence-corrected chi connectivity index (χ1v) is 11.6. The molecule has 0 aliphatic heterocycles. The molecular weight excluding hydrogens is 571 g/mol. The van der Waals surface area contributed by atoms with Crippen molar-refractivity contribution in [2.24, 2.45) is 0 Å². The molecule has 4 rings (SSSR count). The molecule has 0 saturated heterocycles. The van der Waals surface area contributed by atoms with E-state index in [1.807, 2.05) is 12.1 Å². The van der Waals surface area contributed by atoms with Crippen LogP contribution in [0.3, 0.4) is 0 Å². The SMILES string of the molecule is CCCCC1=[C-]CC=C1.CCCCC1=[C-]CC=C1.[Hf+4].[O-]c1ccccc1.[O-]c1ccccc1. The van der Waals surface area contributed by atoms with Gasteiger partial charge in [-0.2, -0.15) is 12.2 Å². The van der Waals surface area contributed by atoms with E-state index in [1.165, 1.54) is 73.9 Å². The Hall–Kier alpha value is -2.13. The molecule has 2 aliphatic carbocycles. The third-order valence-corrected chi connectivity index (χ3v) is 4.62. The van der Waals surface area contributed by atoms with Crippen LogP contribution in [-0.2, 0) is 25.8 Å². The van der Waals surface area contributed by atoms with Gasteiger partial charge in [0.1, 0.15) is 0 Å². The van der Waals surface area contributed by atoms with Gasteiger partial charge in [-0.05, 0) is 0 Å². The normalized spacial score (nSPS) is 12.5. The molecule has 0 spiro atoms. The van der Waals surface area contributed by atoms with E-state index >= 15 is 0 Å². The van der Waals surface area contributed by atoms with Crippen LogP contribution in [0.25, 0.3) is 0 Å². The predicted molar refractivity (Wildman–Crippen MR) is 132 cm³/mol. The van der Waals surface area contributed by atoms with Gasteiger partial charge in [0.05, 0.1) is 0 Å². The molecule has 2 aromatic rings. The number of allylic oxidation sites excluding steroid dienone is 8. The fourth-order valence-electron chi connectivity index (χ4n) is 2.82. The minimum Gasteiger partial charge on any atom is -0.872 e. The van der Waals surface area contributed by atoms with Crippen molar-refractivity contribution in [3.05, 3.63) is 108 Å². The number of para-hydroxylation sites is 2. The van der Waals surface area contributed by atoms with Crippen LogP contribution in [0.15, 0.2) is 96.1 Å². The van der Waals surface area contributed by atoms with Crippen molar-refractivity contribution in [3.63, 3.8) is 0 Å². The Morgan fingerprint density at radius 1 is 0.636 bits per heavy atom. The van der Waals surface area contributed by atoms with Gasteiger partial charge in [0.25, 0.3) is 0 Å². The molecule has 0 radical (unpaired) electrons. The fourth-order valence-corrected chi connectivity index (χ4v) is 2.82. The van der Waals surface area contributed by atoms with Crippen molar-refractivity contribution < 1.29 is 36.1 Å². The maximum absolute atomic E-state index is 10.3. The number of rotatable bonds is 6. The van der Waals surface area contributed by atoms with E-state index in [2.05, 4.69) is 50.3 Å². The second-order valence-electron chi connectivity index (χ2n) is 7.45. The summed E-state index contributed by atoms with van der Waals surface area (Å²) in [7, 11) is 0. The summed E-state index contributed by atoms with van der Waals surface area (Å²) < 4.78 is 0. The van der Waals surface area contributed by atoms with Crippen LogP contribution in [0.4, 0.5) is 0 Å². The Bertz CT molecular complexity index is 749. The van der Waals surface area contributed by atoms with Gasteiger partial charge in [0, 0.05) is 0 Å². The first kappa shape index (κ1) is 30.9. The molecule has 0 heterocycles. The first-order chi connectivity index (χ1) is 15.7. The largest absolute Gasteiger partial charge is 4.00 e. The van der Waals surface area contributed by atoms with Gasteiger partial charge in [0.15, 0.2) is 0 Å². The summed E-state index contributed by atoms with van der Waals surface area (Å²) in [6.45, 7) is 4.44. The molecule has 0 unspecified atom stereocenters. The average Bonchev–Trinajstić information content (AvgIpc) is 3.53. The summed E-state index contributed by atoms with van der Waals surface area (Å²) in [4.78, 5) is 0. The zero-order valence-corrected chi connectivity index (χ0v) is 23.6. The van der Waals surface area contributed by atoms with Crippen molar-refractivity contribution in [3.8, 4) is 11.5 Å². The van der Waals surface area contributed by atoms with Crippen molar-refractivity contribution in [2.45, 2.75) is 65.2 Å². The summed E-state index contributed by atoms with van der Waals surface area (Å²) in [6.07, 6.45) is 25.1. The van der Waals surface area contributed by atoms with Crippen molar-refractivity contribution in [2.75, 3.05) is 0 Å². The van der Waals surface area contributed by atoms with Crippen LogP contribution < -0.4 is 10.2 Å². The molecule has 0 N–H and O–H groups in total. The van der Waals surface area contributed by atoms with Gasteiger partial charge in [-0.1, -0.05) is 113 Å². The molecule has 0 saturated carbocycles. The Labute approximate surface area is 220 Å². The monoisotopic (exact) mass is 608 g/mol. The van der Waals surface area contributed by atoms with E-state index in [0.717, 1.165) is 12.8 Å². The number of unbranched alkanes of at least 4 members (excludes halogenated alkanes) is 2. The Morgan fingerprint density at radius 2 is 1.00 bits per heavy atom. The van der Waals surface area contributed by atoms with Gasteiger partial charge >= 0.3 is 25.8 Å². The molecule has 0 aromatic heterocycles. The maximum atomic E-state index is 10.3. The Morgan fingerprint density at radius 3 is 1.21 bits per heavy atom. The third kappa shape index (κ3) is 18.0. The summed E-state index contributed by atoms with van der Waals surface area (Å²) in [5.74, 6) is 0.144. The van der Waals surface area contributed by atoms with E-state index in [0.29, 0.717) is 0 Å². The van der Waals surface area contributed by atoms with E-state index in [4.69, 9.17) is 0 Å². The minimum atomic E-state index is 0. The molecule has 0 amide bonds. The average molecular weight is 607 g/mol. The van der Waals surface area contributed by atoms with Crippen LogP contribution >= 0.6 is 0 Å². The molecular formula is C30H36HfO2. The Balaban J connectivity index is 0.000000412. The van der Waals surface area contributed by atoms with Crippen molar-refractivity contribution in [1.82, 2.24) is 0 Å².